The second-order valence-electron chi connectivity index (χ2n) is 6.20. The van der Waals surface area contributed by atoms with E-state index in [-0.39, 0.29) is 5.91 Å². The minimum atomic E-state index is -0.215. The number of carbonyl (C=O) groups is 1. The number of anilines is 1. The molecule has 2 heterocycles. The van der Waals surface area contributed by atoms with Crippen molar-refractivity contribution >= 4 is 27.9 Å². The molecule has 0 bridgehead atoms. The molecule has 0 fully saturated rings. The summed E-state index contributed by atoms with van der Waals surface area (Å²) in [5.74, 6) is 1.20. The average Bonchev–Trinajstić information content (AvgIpc) is 3.31. The summed E-state index contributed by atoms with van der Waals surface area (Å²) >= 11 is 1.49. The van der Waals surface area contributed by atoms with Gasteiger partial charge in [0.05, 0.1) is 12.7 Å². The summed E-state index contributed by atoms with van der Waals surface area (Å²) in [6.07, 6.45) is 1.84. The van der Waals surface area contributed by atoms with E-state index in [1.807, 2.05) is 30.3 Å². The summed E-state index contributed by atoms with van der Waals surface area (Å²) in [5.41, 5.74) is 2.16. The Hall–Kier alpha value is -3.26. The Kier molecular flexibility index (Phi) is 5.03. The molecule has 0 saturated heterocycles. The molecule has 0 aliphatic carbocycles. The van der Waals surface area contributed by atoms with Gasteiger partial charge in [-0.2, -0.15) is 9.61 Å². The smallest absolute Gasteiger partial charge is 0.259 e. The molecule has 28 heavy (non-hydrogen) atoms. The van der Waals surface area contributed by atoms with Crippen LogP contribution in [0.1, 0.15) is 29.5 Å². The highest BCUT2D eigenvalue weighted by Crippen LogP contribution is 2.27. The summed E-state index contributed by atoms with van der Waals surface area (Å²) < 4.78 is 7.05. The monoisotopic (exact) mass is 393 g/mol. The van der Waals surface area contributed by atoms with Crippen molar-refractivity contribution in [1.29, 1.82) is 0 Å². The topological polar surface area (TPSA) is 81.4 Å². The largest absolute Gasteiger partial charge is 0.496 e. The first-order valence-electron chi connectivity index (χ1n) is 8.95. The van der Waals surface area contributed by atoms with Gasteiger partial charge in [0, 0.05) is 17.7 Å². The SMILES string of the molecule is CCCc1nnc2sc(-c3ccc(NC(=O)c4ccccc4OC)cc3)nn12. The van der Waals surface area contributed by atoms with Gasteiger partial charge in [-0.3, -0.25) is 4.79 Å². The highest BCUT2D eigenvalue weighted by Gasteiger charge is 2.14. The van der Waals surface area contributed by atoms with Crippen molar-refractivity contribution in [2.75, 3.05) is 12.4 Å². The number of aryl methyl sites for hydroxylation is 1. The first-order chi connectivity index (χ1) is 13.7. The van der Waals surface area contributed by atoms with Gasteiger partial charge in [0.15, 0.2) is 5.82 Å². The molecule has 2 aromatic carbocycles. The predicted octanol–water partition coefficient (Wildman–Crippen LogP) is 4.07. The van der Waals surface area contributed by atoms with E-state index in [0.29, 0.717) is 17.0 Å². The number of fused-ring (bicyclic) bond motifs is 1. The first kappa shape index (κ1) is 18.1. The zero-order valence-corrected chi connectivity index (χ0v) is 16.4. The molecular weight excluding hydrogens is 374 g/mol. The van der Waals surface area contributed by atoms with E-state index >= 15 is 0 Å². The number of hydrogen-bond acceptors (Lipinski definition) is 6. The number of aromatic nitrogens is 4. The molecule has 0 aliphatic rings. The summed E-state index contributed by atoms with van der Waals surface area (Å²) in [4.78, 5) is 13.3. The summed E-state index contributed by atoms with van der Waals surface area (Å²) in [6.45, 7) is 2.10. The van der Waals surface area contributed by atoms with Gasteiger partial charge in [0.2, 0.25) is 4.96 Å². The van der Waals surface area contributed by atoms with Gasteiger partial charge in [0.1, 0.15) is 10.8 Å². The maximum absolute atomic E-state index is 12.5. The third kappa shape index (κ3) is 3.46. The second kappa shape index (κ2) is 7.77. The van der Waals surface area contributed by atoms with Crippen molar-refractivity contribution in [2.24, 2.45) is 0 Å². The molecule has 1 N–H and O–H groups in total. The minimum Gasteiger partial charge on any atom is -0.496 e. The molecule has 0 aliphatic heterocycles. The maximum Gasteiger partial charge on any atom is 0.259 e. The lowest BCUT2D eigenvalue weighted by Gasteiger charge is -2.09. The third-order valence-electron chi connectivity index (χ3n) is 4.27. The van der Waals surface area contributed by atoms with E-state index in [1.165, 1.54) is 11.3 Å². The Morgan fingerprint density at radius 2 is 1.93 bits per heavy atom. The van der Waals surface area contributed by atoms with Crippen LogP contribution in [0.3, 0.4) is 0 Å². The van der Waals surface area contributed by atoms with Crippen LogP contribution in [-0.2, 0) is 6.42 Å². The van der Waals surface area contributed by atoms with Crippen molar-refractivity contribution in [2.45, 2.75) is 19.8 Å². The van der Waals surface area contributed by atoms with E-state index in [9.17, 15) is 4.79 Å². The van der Waals surface area contributed by atoms with Crippen LogP contribution in [0.15, 0.2) is 48.5 Å². The highest BCUT2D eigenvalue weighted by molar-refractivity contribution is 7.19. The lowest BCUT2D eigenvalue weighted by molar-refractivity contribution is 0.102. The number of amides is 1. The van der Waals surface area contributed by atoms with Gasteiger partial charge in [-0.05, 0) is 42.8 Å². The molecule has 4 rings (SSSR count). The van der Waals surface area contributed by atoms with E-state index in [1.54, 1.807) is 29.8 Å². The number of carbonyl (C=O) groups excluding carboxylic acids is 1. The minimum absolute atomic E-state index is 0.215. The lowest BCUT2D eigenvalue weighted by Crippen LogP contribution is -2.12. The quantitative estimate of drug-likeness (QED) is 0.534. The van der Waals surface area contributed by atoms with Crippen LogP contribution in [0, 0.1) is 0 Å². The normalized spacial score (nSPS) is 10.9. The molecule has 7 nitrogen and oxygen atoms in total. The molecule has 0 unspecified atom stereocenters. The van der Waals surface area contributed by atoms with Gasteiger partial charge >= 0.3 is 0 Å². The fourth-order valence-corrected chi connectivity index (χ4v) is 3.74. The number of ether oxygens (including phenoxy) is 1. The number of benzene rings is 2. The predicted molar refractivity (Wildman–Crippen MR) is 109 cm³/mol. The molecule has 2 aromatic heterocycles. The molecule has 0 atom stereocenters. The molecule has 0 spiro atoms. The average molecular weight is 393 g/mol. The number of nitrogens with one attached hydrogen (secondary N) is 1. The van der Waals surface area contributed by atoms with Crippen molar-refractivity contribution in [3.05, 3.63) is 59.9 Å². The Balaban J connectivity index is 1.53. The maximum atomic E-state index is 12.5. The highest BCUT2D eigenvalue weighted by atomic mass is 32.1. The van der Waals surface area contributed by atoms with E-state index < -0.39 is 0 Å². The standard InChI is InChI=1S/C20H19N5O2S/c1-3-6-17-22-23-20-25(17)24-19(28-20)13-9-11-14(12-10-13)21-18(26)15-7-4-5-8-16(15)27-2/h4-5,7-12H,3,6H2,1-2H3,(H,21,26). The van der Waals surface area contributed by atoms with Crippen LogP contribution in [0.25, 0.3) is 15.5 Å². The van der Waals surface area contributed by atoms with E-state index in [2.05, 4.69) is 27.5 Å². The molecule has 0 radical (unpaired) electrons. The molecular formula is C20H19N5O2S. The van der Waals surface area contributed by atoms with E-state index in [0.717, 1.165) is 34.2 Å². The fraction of sp³-hybridized carbons (Fsp3) is 0.200. The van der Waals surface area contributed by atoms with Crippen LogP contribution in [0.5, 0.6) is 5.75 Å². The van der Waals surface area contributed by atoms with Crippen LogP contribution in [0.4, 0.5) is 5.69 Å². The number of rotatable bonds is 6. The first-order valence-corrected chi connectivity index (χ1v) is 9.77. The number of hydrogen-bond donors (Lipinski definition) is 1. The van der Waals surface area contributed by atoms with Crippen LogP contribution < -0.4 is 10.1 Å². The molecule has 1 amide bonds. The summed E-state index contributed by atoms with van der Waals surface area (Å²) in [5, 5.41) is 16.8. The zero-order valence-electron chi connectivity index (χ0n) is 15.5. The Morgan fingerprint density at radius 3 is 2.68 bits per heavy atom. The van der Waals surface area contributed by atoms with Gasteiger partial charge in [0.25, 0.3) is 5.91 Å². The Bertz CT molecular complexity index is 1120. The molecule has 0 saturated carbocycles. The number of para-hydroxylation sites is 1. The Morgan fingerprint density at radius 1 is 1.14 bits per heavy atom. The number of nitrogens with zero attached hydrogens (tertiary/aromatic N) is 4. The fourth-order valence-electron chi connectivity index (χ4n) is 2.88. The van der Waals surface area contributed by atoms with Gasteiger partial charge in [-0.25, -0.2) is 0 Å². The van der Waals surface area contributed by atoms with Crippen LogP contribution in [0.2, 0.25) is 0 Å². The second-order valence-corrected chi connectivity index (χ2v) is 7.16. The zero-order chi connectivity index (χ0) is 19.5. The van der Waals surface area contributed by atoms with Gasteiger partial charge in [-0.1, -0.05) is 30.4 Å². The van der Waals surface area contributed by atoms with Crippen LogP contribution in [-0.4, -0.2) is 32.8 Å². The summed E-state index contributed by atoms with van der Waals surface area (Å²) in [6, 6.07) is 14.7. The molecule has 142 valence electrons. The van der Waals surface area contributed by atoms with Crippen molar-refractivity contribution in [1.82, 2.24) is 19.8 Å². The van der Waals surface area contributed by atoms with E-state index in [4.69, 9.17) is 4.74 Å². The van der Waals surface area contributed by atoms with Crippen LogP contribution >= 0.6 is 11.3 Å². The van der Waals surface area contributed by atoms with Gasteiger partial charge < -0.3 is 10.1 Å². The van der Waals surface area contributed by atoms with Crippen molar-refractivity contribution in [3.63, 3.8) is 0 Å². The van der Waals surface area contributed by atoms with Crippen molar-refractivity contribution in [3.8, 4) is 16.3 Å². The lowest BCUT2D eigenvalue weighted by atomic mass is 10.1. The summed E-state index contributed by atoms with van der Waals surface area (Å²) in [7, 11) is 1.55. The number of methoxy groups -OCH3 is 1. The van der Waals surface area contributed by atoms with Gasteiger partial charge in [-0.15, -0.1) is 10.2 Å². The Labute approximate surface area is 166 Å². The molecule has 4 aromatic rings. The molecule has 8 heteroatoms. The van der Waals surface area contributed by atoms with Crippen molar-refractivity contribution < 1.29 is 9.53 Å². The third-order valence-corrected chi connectivity index (χ3v) is 5.22.